The van der Waals surface area contributed by atoms with Crippen molar-refractivity contribution in [2.24, 2.45) is 0 Å². The van der Waals surface area contributed by atoms with Gasteiger partial charge in [-0.05, 0) is 31.7 Å². The SMILES string of the molecule is CC(O)(CNC(=O)OCc1ccccc1)C1CCCCO1. The minimum atomic E-state index is -1.08. The third kappa shape index (κ3) is 5.02. The molecule has 1 fully saturated rings. The Kier molecular flexibility index (Phi) is 5.59. The number of rotatable bonds is 5. The van der Waals surface area contributed by atoms with Crippen LogP contribution in [0.5, 0.6) is 0 Å². The first-order chi connectivity index (χ1) is 10.1. The van der Waals surface area contributed by atoms with Crippen molar-refractivity contribution in [2.75, 3.05) is 13.2 Å². The Morgan fingerprint density at radius 1 is 1.43 bits per heavy atom. The van der Waals surface area contributed by atoms with E-state index in [0.29, 0.717) is 6.61 Å². The van der Waals surface area contributed by atoms with E-state index in [1.807, 2.05) is 30.3 Å². The van der Waals surface area contributed by atoms with Crippen molar-refractivity contribution < 1.29 is 19.4 Å². The van der Waals surface area contributed by atoms with Gasteiger partial charge >= 0.3 is 6.09 Å². The van der Waals surface area contributed by atoms with Crippen LogP contribution in [-0.4, -0.2) is 36.1 Å². The number of hydrogen-bond acceptors (Lipinski definition) is 4. The molecule has 2 rings (SSSR count). The predicted octanol–water partition coefficient (Wildman–Crippen LogP) is 2.23. The molecule has 5 nitrogen and oxygen atoms in total. The Bertz CT molecular complexity index is 441. The maximum atomic E-state index is 11.7. The summed E-state index contributed by atoms with van der Waals surface area (Å²) in [5.41, 5.74) is -0.151. The fourth-order valence-electron chi connectivity index (χ4n) is 2.37. The Hall–Kier alpha value is -1.59. The lowest BCUT2D eigenvalue weighted by atomic mass is 9.93. The lowest BCUT2D eigenvalue weighted by molar-refractivity contribution is -0.115. The quantitative estimate of drug-likeness (QED) is 0.873. The van der Waals surface area contributed by atoms with E-state index in [0.717, 1.165) is 24.8 Å². The highest BCUT2D eigenvalue weighted by atomic mass is 16.5. The van der Waals surface area contributed by atoms with Gasteiger partial charge in [0.1, 0.15) is 12.2 Å². The van der Waals surface area contributed by atoms with E-state index in [9.17, 15) is 9.90 Å². The minimum Gasteiger partial charge on any atom is -0.445 e. The second-order valence-corrected chi connectivity index (χ2v) is 5.63. The number of benzene rings is 1. The van der Waals surface area contributed by atoms with Crippen LogP contribution in [0.1, 0.15) is 31.7 Å². The largest absolute Gasteiger partial charge is 0.445 e. The average Bonchev–Trinajstić information content (AvgIpc) is 2.53. The van der Waals surface area contributed by atoms with E-state index < -0.39 is 11.7 Å². The number of hydrogen-bond donors (Lipinski definition) is 2. The van der Waals surface area contributed by atoms with Gasteiger partial charge in [-0.1, -0.05) is 30.3 Å². The zero-order valence-electron chi connectivity index (χ0n) is 12.4. The van der Waals surface area contributed by atoms with E-state index in [-0.39, 0.29) is 19.3 Å². The van der Waals surface area contributed by atoms with Gasteiger partial charge in [-0.2, -0.15) is 0 Å². The molecule has 1 aliphatic heterocycles. The van der Waals surface area contributed by atoms with Crippen LogP contribution in [0.15, 0.2) is 30.3 Å². The van der Waals surface area contributed by atoms with Crippen molar-refractivity contribution in [2.45, 2.75) is 44.5 Å². The van der Waals surface area contributed by atoms with Crippen LogP contribution in [0.4, 0.5) is 4.79 Å². The second kappa shape index (κ2) is 7.43. The van der Waals surface area contributed by atoms with E-state index in [1.165, 1.54) is 0 Å². The number of carbonyl (C=O) groups excluding carboxylic acids is 1. The number of ether oxygens (including phenoxy) is 2. The first-order valence-electron chi connectivity index (χ1n) is 7.36. The molecule has 21 heavy (non-hydrogen) atoms. The Labute approximate surface area is 125 Å². The molecule has 0 spiro atoms. The molecule has 1 aliphatic rings. The van der Waals surface area contributed by atoms with Crippen LogP contribution < -0.4 is 5.32 Å². The summed E-state index contributed by atoms with van der Waals surface area (Å²) in [5, 5.41) is 13.0. The highest BCUT2D eigenvalue weighted by molar-refractivity contribution is 5.67. The first kappa shape index (κ1) is 15.8. The molecule has 1 saturated heterocycles. The summed E-state index contributed by atoms with van der Waals surface area (Å²) >= 11 is 0. The molecule has 2 N–H and O–H groups in total. The van der Waals surface area contributed by atoms with Crippen molar-refractivity contribution in [1.82, 2.24) is 5.32 Å². The fraction of sp³-hybridized carbons (Fsp3) is 0.562. The summed E-state index contributed by atoms with van der Waals surface area (Å²) in [6.45, 7) is 2.68. The van der Waals surface area contributed by atoms with E-state index >= 15 is 0 Å². The zero-order chi connectivity index (χ0) is 15.1. The van der Waals surface area contributed by atoms with E-state index in [4.69, 9.17) is 9.47 Å². The summed E-state index contributed by atoms with van der Waals surface area (Å²) in [6, 6.07) is 9.47. The molecular formula is C16H23NO4. The van der Waals surface area contributed by atoms with Gasteiger partial charge in [0, 0.05) is 6.61 Å². The van der Waals surface area contributed by atoms with Crippen LogP contribution >= 0.6 is 0 Å². The summed E-state index contributed by atoms with van der Waals surface area (Å²) < 4.78 is 10.7. The molecule has 0 bridgehead atoms. The van der Waals surface area contributed by atoms with E-state index in [2.05, 4.69) is 5.32 Å². The second-order valence-electron chi connectivity index (χ2n) is 5.63. The predicted molar refractivity (Wildman–Crippen MR) is 78.8 cm³/mol. The first-order valence-corrected chi connectivity index (χ1v) is 7.36. The van der Waals surface area contributed by atoms with Gasteiger partial charge in [-0.25, -0.2) is 4.79 Å². The highest BCUT2D eigenvalue weighted by Gasteiger charge is 2.34. The summed E-state index contributed by atoms with van der Waals surface area (Å²) in [6.07, 6.45) is 2.11. The number of aliphatic hydroxyl groups is 1. The van der Waals surface area contributed by atoms with Gasteiger partial charge in [0.05, 0.1) is 12.6 Å². The van der Waals surface area contributed by atoms with Gasteiger partial charge in [0.15, 0.2) is 0 Å². The molecule has 0 radical (unpaired) electrons. The van der Waals surface area contributed by atoms with Gasteiger partial charge < -0.3 is 19.9 Å². The zero-order valence-corrected chi connectivity index (χ0v) is 12.4. The monoisotopic (exact) mass is 293 g/mol. The topological polar surface area (TPSA) is 67.8 Å². The third-order valence-electron chi connectivity index (χ3n) is 3.68. The van der Waals surface area contributed by atoms with Gasteiger partial charge in [0.2, 0.25) is 0 Å². The molecule has 5 heteroatoms. The van der Waals surface area contributed by atoms with Crippen LogP contribution in [0.2, 0.25) is 0 Å². The molecule has 2 unspecified atom stereocenters. The summed E-state index contributed by atoms with van der Waals surface area (Å²) in [7, 11) is 0. The summed E-state index contributed by atoms with van der Waals surface area (Å²) in [4.78, 5) is 11.7. The molecule has 0 aliphatic carbocycles. The van der Waals surface area contributed by atoms with Crippen molar-refractivity contribution in [3.05, 3.63) is 35.9 Å². The fourth-order valence-corrected chi connectivity index (χ4v) is 2.37. The molecule has 1 aromatic carbocycles. The number of carbonyl (C=O) groups is 1. The number of nitrogens with one attached hydrogen (secondary N) is 1. The smallest absolute Gasteiger partial charge is 0.407 e. The molecule has 0 aromatic heterocycles. The van der Waals surface area contributed by atoms with Crippen molar-refractivity contribution in [3.8, 4) is 0 Å². The molecule has 116 valence electrons. The van der Waals surface area contributed by atoms with Gasteiger partial charge in [0.25, 0.3) is 0 Å². The van der Waals surface area contributed by atoms with Crippen LogP contribution in [0, 0.1) is 0 Å². The molecular weight excluding hydrogens is 270 g/mol. The number of amides is 1. The molecule has 2 atom stereocenters. The molecule has 1 aromatic rings. The normalized spacial score (nSPS) is 21.3. The lowest BCUT2D eigenvalue weighted by Crippen LogP contribution is -2.51. The Balaban J connectivity index is 1.72. The third-order valence-corrected chi connectivity index (χ3v) is 3.68. The van der Waals surface area contributed by atoms with Crippen molar-refractivity contribution >= 4 is 6.09 Å². The Morgan fingerprint density at radius 3 is 2.86 bits per heavy atom. The lowest BCUT2D eigenvalue weighted by Gasteiger charge is -2.35. The van der Waals surface area contributed by atoms with Crippen molar-refractivity contribution in [1.29, 1.82) is 0 Å². The van der Waals surface area contributed by atoms with E-state index in [1.54, 1.807) is 6.92 Å². The highest BCUT2D eigenvalue weighted by Crippen LogP contribution is 2.22. The van der Waals surface area contributed by atoms with Gasteiger partial charge in [-0.3, -0.25) is 0 Å². The van der Waals surface area contributed by atoms with Crippen molar-refractivity contribution in [3.63, 3.8) is 0 Å². The molecule has 0 saturated carbocycles. The molecule has 1 amide bonds. The summed E-state index contributed by atoms with van der Waals surface area (Å²) in [5.74, 6) is 0. The van der Waals surface area contributed by atoms with Crippen LogP contribution in [0.3, 0.4) is 0 Å². The minimum absolute atomic E-state index is 0.116. The molecule has 1 heterocycles. The number of alkyl carbamates (subject to hydrolysis) is 1. The maximum absolute atomic E-state index is 11.7. The van der Waals surface area contributed by atoms with Crippen LogP contribution in [-0.2, 0) is 16.1 Å². The Morgan fingerprint density at radius 2 is 2.19 bits per heavy atom. The van der Waals surface area contributed by atoms with Crippen LogP contribution in [0.25, 0.3) is 0 Å². The standard InChI is InChI=1S/C16H23NO4/c1-16(19,14-9-5-6-10-20-14)12-17-15(18)21-11-13-7-3-2-4-8-13/h2-4,7-8,14,19H,5-6,9-12H2,1H3,(H,17,18). The maximum Gasteiger partial charge on any atom is 0.407 e. The average molecular weight is 293 g/mol. The van der Waals surface area contributed by atoms with Gasteiger partial charge in [-0.15, -0.1) is 0 Å².